The monoisotopic (exact) mass is 2270 g/mol. The van der Waals surface area contributed by atoms with Crippen molar-refractivity contribution in [1.82, 2.24) is 34.9 Å². The molecule has 14 aromatic rings. The lowest BCUT2D eigenvalue weighted by molar-refractivity contribution is -0.116. The van der Waals surface area contributed by atoms with Crippen LogP contribution in [-0.4, -0.2) is 164 Å². The molecule has 7 aromatic heterocycles. The van der Waals surface area contributed by atoms with Crippen molar-refractivity contribution >= 4 is 210 Å². The maximum atomic E-state index is 12.3. The first-order valence-electron chi connectivity index (χ1n) is 46.9. The Bertz CT molecular complexity index is 6500. The van der Waals surface area contributed by atoms with Crippen LogP contribution in [0.5, 0.6) is 40.2 Å². The van der Waals surface area contributed by atoms with Gasteiger partial charge < -0.3 is 49.1 Å². The largest absolute Gasteiger partial charge is 0.497 e. The summed E-state index contributed by atoms with van der Waals surface area (Å²) in [6.45, 7) is 21.6. The number of hydrogen-bond acceptors (Lipinski definition) is 28. The number of methoxy groups -OCH3 is 4. The number of ether oxygens (including phenoxy) is 7. The van der Waals surface area contributed by atoms with E-state index in [1.54, 1.807) is 163 Å². The first-order valence-corrected chi connectivity index (χ1v) is 56.1. The van der Waals surface area contributed by atoms with Crippen LogP contribution in [0.3, 0.4) is 0 Å². The van der Waals surface area contributed by atoms with Gasteiger partial charge in [-0.1, -0.05) is 220 Å². The van der Waals surface area contributed by atoms with E-state index in [1.165, 1.54) is 82.3 Å². The molecule has 0 aliphatic heterocycles. The van der Waals surface area contributed by atoms with Crippen molar-refractivity contribution in [2.45, 2.75) is 137 Å². The first kappa shape index (κ1) is 124. The zero-order valence-corrected chi connectivity index (χ0v) is 95.7. The fraction of sp³-hybridized carbons (Fsp3) is 0.257. The van der Waals surface area contributed by atoms with Crippen LogP contribution >= 0.6 is 152 Å². The van der Waals surface area contributed by atoms with E-state index in [0.717, 1.165) is 120 Å². The number of aromatic nitrogens is 7. The van der Waals surface area contributed by atoms with E-state index in [4.69, 9.17) is 103 Å². The molecule has 0 aliphatic carbocycles. The fourth-order valence-electron chi connectivity index (χ4n) is 13.1. The lowest BCUT2D eigenvalue weighted by atomic mass is 10.1. The Morgan fingerprint density at radius 1 is 0.267 bits per heavy atom. The summed E-state index contributed by atoms with van der Waals surface area (Å²) < 4.78 is 37.5. The van der Waals surface area contributed by atoms with Gasteiger partial charge in [0.2, 0.25) is 17.7 Å². The topological polar surface area (TPSA) is 310 Å². The van der Waals surface area contributed by atoms with Gasteiger partial charge in [0, 0.05) is 116 Å². The summed E-state index contributed by atoms with van der Waals surface area (Å²) in [4.78, 5) is 115. The van der Waals surface area contributed by atoms with Crippen molar-refractivity contribution < 1.29 is 66.7 Å². The summed E-state index contributed by atoms with van der Waals surface area (Å²) in [7, 11) is 6.22. The Kier molecular flexibility index (Phi) is 56.4. The second-order valence-electron chi connectivity index (χ2n) is 32.3. The molecule has 0 saturated carbocycles. The van der Waals surface area contributed by atoms with Gasteiger partial charge in [-0.25, -0.2) is 34.9 Å². The third-order valence-corrected chi connectivity index (χ3v) is 29.7. The van der Waals surface area contributed by atoms with E-state index in [9.17, 15) is 33.6 Å². The number of para-hydroxylation sites is 1. The molecule has 0 radical (unpaired) electrons. The van der Waals surface area contributed by atoms with E-state index in [0.29, 0.717) is 139 Å². The van der Waals surface area contributed by atoms with Crippen LogP contribution in [0.15, 0.2) is 297 Å². The van der Waals surface area contributed by atoms with Gasteiger partial charge >= 0.3 is 0 Å². The predicted molar refractivity (Wildman–Crippen MR) is 618 cm³/mol. The molecule has 150 heavy (non-hydrogen) atoms. The number of nitrogens with zero attached hydrogens (tertiary/aromatic N) is 7. The van der Waals surface area contributed by atoms with Crippen molar-refractivity contribution in [3.05, 3.63) is 353 Å². The number of benzene rings is 7. The zero-order valence-electron chi connectivity index (χ0n) is 85.4. The molecule has 0 spiro atoms. The minimum atomic E-state index is -0.134. The standard InChI is InChI=1S/C18H20ClNO2S.C17H18ClNO2S.C17H19NO2S.C16H16ClNO2S.3C15H15ClN2O2S/c1-3-9-22-17-7-6-15(19)10-14(17)11-16(21)12-23-18-13(2)5-4-8-20-18;1-3-21-16-7-6-14(18)9-13(16)10-15(20)11-22-17-12(2)5-4-8-19-17;1-3-20-16-9-5-4-8-14(16)11-15(19)12-21-17-13(2)7-6-10-18-17;1-11-4-3-5-18-16(11)21-10-14(19)7-12-6-13(17)9-15(8-12)20-2;3*1-10-4-3-7-17-15(10)21-9-14(19)18-12-8-11(16)5-6-13(12)20-2/h4-8,10H,3,9,11-12H2,1-2H3;4-9H,3,10-11H2,1-2H3;4-10H,3,11-12H2,1-2H3;3-6,8-9H,7,10H2,1-2H3;3*3-8H,9H2,1-2H3,(H,18,19). The second kappa shape index (κ2) is 68.4. The molecule has 788 valence electrons. The van der Waals surface area contributed by atoms with Crippen molar-refractivity contribution in [3.8, 4) is 40.2 Å². The molecule has 37 heteroatoms. The Hall–Kier alpha value is -11.5. The molecule has 7 aromatic carbocycles. The molecule has 24 nitrogen and oxygen atoms in total. The number of ketones is 4. The van der Waals surface area contributed by atoms with Crippen molar-refractivity contribution in [3.63, 3.8) is 0 Å². The quantitative estimate of drug-likeness (QED) is 0.0299. The Morgan fingerprint density at radius 2 is 0.533 bits per heavy atom. The molecular formula is C113H118Cl6N10O14S7. The van der Waals surface area contributed by atoms with Crippen LogP contribution in [-0.2, 0) is 59.2 Å². The molecule has 0 atom stereocenters. The lowest BCUT2D eigenvalue weighted by Crippen LogP contribution is -2.15. The van der Waals surface area contributed by atoms with Gasteiger partial charge in [0.1, 0.15) is 63.4 Å². The minimum absolute atomic E-state index is 0.123. The number of halogens is 6. The maximum absolute atomic E-state index is 12.3. The predicted octanol–water partition coefficient (Wildman–Crippen LogP) is 28.1. The summed E-state index contributed by atoms with van der Waals surface area (Å²) in [5, 5.41) is 18.0. The van der Waals surface area contributed by atoms with E-state index in [1.807, 2.05) is 197 Å². The molecule has 0 aliphatic rings. The normalized spacial score (nSPS) is 10.4. The molecule has 0 bridgehead atoms. The van der Waals surface area contributed by atoms with Crippen molar-refractivity contribution in [1.29, 1.82) is 0 Å². The number of thioether (sulfide) groups is 7. The van der Waals surface area contributed by atoms with Crippen LogP contribution in [0.25, 0.3) is 0 Å². The number of Topliss-reactive ketones (excluding diaryl/α,β-unsaturated/α-hetero) is 4. The molecule has 0 unspecified atom stereocenters. The number of amides is 3. The summed E-state index contributed by atoms with van der Waals surface area (Å²) in [6.07, 6.45) is 14.4. The summed E-state index contributed by atoms with van der Waals surface area (Å²) in [6, 6.07) is 66.2. The summed E-state index contributed by atoms with van der Waals surface area (Å²) in [5.74, 6) is 7.22. The van der Waals surface area contributed by atoms with Crippen molar-refractivity contribution in [2.24, 2.45) is 0 Å². The van der Waals surface area contributed by atoms with Crippen LogP contribution in [0.2, 0.25) is 30.1 Å². The average Bonchev–Trinajstić information content (AvgIpc) is 0.864. The van der Waals surface area contributed by atoms with Gasteiger partial charge in [0.05, 0.1) is 141 Å². The highest BCUT2D eigenvalue weighted by Gasteiger charge is 2.20. The smallest absolute Gasteiger partial charge is 0.234 e. The third kappa shape index (κ3) is 45.6. The van der Waals surface area contributed by atoms with Crippen LogP contribution in [0, 0.1) is 48.5 Å². The number of pyridine rings is 7. The van der Waals surface area contributed by atoms with Crippen molar-refractivity contribution in [2.75, 3.05) is 104 Å². The lowest BCUT2D eigenvalue weighted by Gasteiger charge is -2.11. The summed E-state index contributed by atoms with van der Waals surface area (Å²) >= 11 is 45.9. The van der Waals surface area contributed by atoms with Gasteiger partial charge in [-0.05, 0) is 271 Å². The number of carbonyl (C=O) groups excluding carboxylic acids is 7. The van der Waals surface area contributed by atoms with E-state index < -0.39 is 0 Å². The van der Waals surface area contributed by atoms with Gasteiger partial charge in [0.15, 0.2) is 0 Å². The fourth-order valence-corrected chi connectivity index (χ4v) is 19.9. The number of anilines is 3. The molecule has 3 N–H and O–H groups in total. The van der Waals surface area contributed by atoms with Crippen LogP contribution in [0.4, 0.5) is 17.1 Å². The second-order valence-corrected chi connectivity index (χ2v) is 41.6. The number of aryl methyl sites for hydroxylation is 7. The Morgan fingerprint density at radius 3 is 0.820 bits per heavy atom. The summed E-state index contributed by atoms with van der Waals surface area (Å²) in [5.41, 5.74) is 12.7. The highest BCUT2D eigenvalue weighted by atomic mass is 35.5. The van der Waals surface area contributed by atoms with Gasteiger partial charge in [0.25, 0.3) is 0 Å². The third-order valence-electron chi connectivity index (χ3n) is 20.3. The van der Waals surface area contributed by atoms with Gasteiger partial charge in [-0.2, -0.15) is 0 Å². The minimum Gasteiger partial charge on any atom is -0.497 e. The molecule has 0 saturated heterocycles. The Labute approximate surface area is 937 Å². The highest BCUT2D eigenvalue weighted by Crippen LogP contribution is 2.36. The molecule has 3 amide bonds. The average molecular weight is 2280 g/mol. The van der Waals surface area contributed by atoms with Crippen LogP contribution < -0.4 is 49.1 Å². The Balaban J connectivity index is 0.000000213. The molecule has 7 heterocycles. The number of hydrogen-bond donors (Lipinski definition) is 3. The van der Waals surface area contributed by atoms with E-state index in [-0.39, 0.29) is 58.1 Å². The van der Waals surface area contributed by atoms with Gasteiger partial charge in [-0.15, -0.1) is 0 Å². The first-order chi connectivity index (χ1) is 72.3. The van der Waals surface area contributed by atoms with E-state index >= 15 is 0 Å². The number of rotatable bonds is 43. The highest BCUT2D eigenvalue weighted by molar-refractivity contribution is 8.01. The SMILES string of the molecule is CCCOc1ccc(Cl)cc1CC(=O)CSc1ncccc1C.CCOc1ccc(Cl)cc1CC(=O)CSc1ncccc1C.CCOc1ccccc1CC(=O)CSc1ncccc1C.COc1cc(Cl)cc(CC(=O)CSc2ncccc2C)c1.COc1ccc(Cl)cc1NC(=O)CSc1ncccc1C.COc1ccc(Cl)cc1NC(=O)CSc1ncccc1C.COc1ccc(Cl)cc1NC(=O)CSc1ncccc1C. The van der Waals surface area contributed by atoms with E-state index in [2.05, 4.69) is 50.8 Å². The molecule has 14 rings (SSSR count). The molecule has 0 fully saturated rings. The van der Waals surface area contributed by atoms with Gasteiger partial charge in [-0.3, -0.25) is 33.6 Å². The molecular weight excluding hydrogens is 2160 g/mol. The zero-order chi connectivity index (χ0) is 109. The van der Waals surface area contributed by atoms with Crippen LogP contribution in [0.1, 0.15) is 88.4 Å². The number of carbonyl (C=O) groups is 7. The number of nitrogens with one attached hydrogen (secondary N) is 3. The maximum Gasteiger partial charge on any atom is 0.234 e.